The highest BCUT2D eigenvalue weighted by Crippen LogP contribution is 2.28. The lowest BCUT2D eigenvalue weighted by Gasteiger charge is -2.17. The summed E-state index contributed by atoms with van der Waals surface area (Å²) < 4.78 is 0. The Hall–Kier alpha value is -1.09. The molecule has 2 aromatic rings. The summed E-state index contributed by atoms with van der Waals surface area (Å²) in [4.78, 5) is 11.4. The number of aromatic amines is 1. The molecule has 1 N–H and O–H groups in total. The maximum Gasteiger partial charge on any atom is 0.142 e. The van der Waals surface area contributed by atoms with Gasteiger partial charge in [0.05, 0.1) is 5.69 Å². The summed E-state index contributed by atoms with van der Waals surface area (Å²) in [6.07, 6.45) is 1.57. The second kappa shape index (κ2) is 2.95. The van der Waals surface area contributed by atoms with Gasteiger partial charge in [0.25, 0.3) is 0 Å². The van der Waals surface area contributed by atoms with Crippen LogP contribution in [0.15, 0.2) is 12.4 Å². The normalized spacial score (nSPS) is 12.3. The molecule has 0 radical (unpaired) electrons. The summed E-state index contributed by atoms with van der Waals surface area (Å²) in [5.41, 5.74) is 1.83. The van der Waals surface area contributed by atoms with E-state index in [4.69, 9.17) is 11.6 Å². The Morgan fingerprint density at radius 3 is 2.64 bits per heavy atom. The summed E-state index contributed by atoms with van der Waals surface area (Å²) in [5.74, 6) is 0. The fraction of sp³-hybridized carbons (Fsp3) is 0.400. The Kier molecular flexibility index (Phi) is 2.00. The van der Waals surface area contributed by atoms with Crippen LogP contribution in [0.2, 0.25) is 5.15 Å². The third-order valence-corrected chi connectivity index (χ3v) is 2.31. The van der Waals surface area contributed by atoms with Crippen molar-refractivity contribution < 1.29 is 0 Å². The lowest BCUT2D eigenvalue weighted by atomic mass is 9.90. The van der Waals surface area contributed by atoms with Crippen LogP contribution in [0, 0.1) is 0 Å². The van der Waals surface area contributed by atoms with Gasteiger partial charge in [-0.1, -0.05) is 32.4 Å². The predicted octanol–water partition coefficient (Wildman–Crippen LogP) is 2.91. The zero-order valence-corrected chi connectivity index (χ0v) is 9.18. The molecule has 0 amide bonds. The Labute approximate surface area is 87.5 Å². The molecule has 0 bridgehead atoms. The second-order valence-electron chi connectivity index (χ2n) is 4.35. The molecule has 0 aliphatic heterocycles. The molecule has 2 rings (SSSR count). The van der Waals surface area contributed by atoms with Crippen LogP contribution in [0.1, 0.15) is 26.5 Å². The van der Waals surface area contributed by atoms with Crippen molar-refractivity contribution in [3.63, 3.8) is 0 Å². The van der Waals surface area contributed by atoms with Crippen LogP contribution in [0.25, 0.3) is 11.0 Å². The van der Waals surface area contributed by atoms with E-state index in [0.29, 0.717) is 5.15 Å². The SMILES string of the molecule is CC(C)(C)c1ncnc2[nH]c(Cl)cc12. The fourth-order valence-electron chi connectivity index (χ4n) is 1.51. The standard InChI is InChI=1S/C10H12ClN3/c1-10(2,3)8-6-4-7(11)14-9(6)13-5-12-8/h4-5H,1-3H3,(H,12,13,14). The van der Waals surface area contributed by atoms with E-state index in [1.54, 1.807) is 6.33 Å². The summed E-state index contributed by atoms with van der Waals surface area (Å²) in [5, 5.41) is 1.61. The zero-order valence-electron chi connectivity index (χ0n) is 8.43. The lowest BCUT2D eigenvalue weighted by Crippen LogP contribution is -2.13. The van der Waals surface area contributed by atoms with E-state index in [2.05, 4.69) is 35.7 Å². The van der Waals surface area contributed by atoms with Crippen LogP contribution >= 0.6 is 11.6 Å². The molecule has 0 saturated heterocycles. The Morgan fingerprint density at radius 1 is 1.29 bits per heavy atom. The van der Waals surface area contributed by atoms with Gasteiger partial charge in [-0.3, -0.25) is 0 Å². The summed E-state index contributed by atoms with van der Waals surface area (Å²) in [6, 6.07) is 1.87. The van der Waals surface area contributed by atoms with E-state index in [-0.39, 0.29) is 5.41 Å². The molecule has 0 aliphatic carbocycles. The van der Waals surface area contributed by atoms with Crippen LogP contribution in [0.4, 0.5) is 0 Å². The number of fused-ring (bicyclic) bond motifs is 1. The number of H-pyrrole nitrogens is 1. The number of rotatable bonds is 0. The topological polar surface area (TPSA) is 41.6 Å². The molecule has 0 aromatic carbocycles. The molecule has 0 aliphatic rings. The molecular weight excluding hydrogens is 198 g/mol. The van der Waals surface area contributed by atoms with Gasteiger partial charge in [-0.05, 0) is 6.07 Å². The van der Waals surface area contributed by atoms with E-state index < -0.39 is 0 Å². The number of halogens is 1. The molecule has 4 heteroatoms. The highest BCUT2D eigenvalue weighted by Gasteiger charge is 2.19. The molecule has 2 aromatic heterocycles. The number of hydrogen-bond acceptors (Lipinski definition) is 2. The number of aromatic nitrogens is 3. The van der Waals surface area contributed by atoms with E-state index >= 15 is 0 Å². The quantitative estimate of drug-likeness (QED) is 0.725. The first-order chi connectivity index (χ1) is 6.48. The third kappa shape index (κ3) is 1.48. The van der Waals surface area contributed by atoms with E-state index in [9.17, 15) is 0 Å². The van der Waals surface area contributed by atoms with Crippen molar-refractivity contribution in [1.29, 1.82) is 0 Å². The smallest absolute Gasteiger partial charge is 0.142 e. The van der Waals surface area contributed by atoms with Gasteiger partial charge in [0.15, 0.2) is 0 Å². The van der Waals surface area contributed by atoms with E-state index in [0.717, 1.165) is 16.7 Å². The second-order valence-corrected chi connectivity index (χ2v) is 4.76. The Bertz CT molecular complexity index is 468. The van der Waals surface area contributed by atoms with E-state index in [1.807, 2.05) is 6.07 Å². The molecular formula is C10H12ClN3. The zero-order chi connectivity index (χ0) is 10.3. The average Bonchev–Trinajstić information content (AvgIpc) is 2.41. The summed E-state index contributed by atoms with van der Waals surface area (Å²) in [7, 11) is 0. The van der Waals surface area contributed by atoms with Crippen molar-refractivity contribution in [2.45, 2.75) is 26.2 Å². The van der Waals surface area contributed by atoms with Crippen molar-refractivity contribution in [1.82, 2.24) is 15.0 Å². The Balaban J connectivity index is 2.77. The number of nitrogens with one attached hydrogen (secondary N) is 1. The van der Waals surface area contributed by atoms with Crippen molar-refractivity contribution in [3.05, 3.63) is 23.2 Å². The first-order valence-corrected chi connectivity index (χ1v) is 4.86. The monoisotopic (exact) mass is 209 g/mol. The molecule has 2 heterocycles. The van der Waals surface area contributed by atoms with Crippen LogP contribution in [0.3, 0.4) is 0 Å². The molecule has 0 spiro atoms. The highest BCUT2D eigenvalue weighted by atomic mass is 35.5. The van der Waals surface area contributed by atoms with Gasteiger partial charge in [-0.25, -0.2) is 9.97 Å². The average molecular weight is 210 g/mol. The largest absolute Gasteiger partial charge is 0.330 e. The van der Waals surface area contributed by atoms with Gasteiger partial charge in [0, 0.05) is 10.8 Å². The predicted molar refractivity (Wildman–Crippen MR) is 57.6 cm³/mol. The van der Waals surface area contributed by atoms with Gasteiger partial charge < -0.3 is 4.98 Å². The van der Waals surface area contributed by atoms with Crippen LogP contribution in [-0.4, -0.2) is 15.0 Å². The fourth-order valence-corrected chi connectivity index (χ4v) is 1.70. The van der Waals surface area contributed by atoms with Crippen LogP contribution in [-0.2, 0) is 5.41 Å². The lowest BCUT2D eigenvalue weighted by molar-refractivity contribution is 0.574. The summed E-state index contributed by atoms with van der Waals surface area (Å²) >= 11 is 5.88. The van der Waals surface area contributed by atoms with Gasteiger partial charge in [-0.15, -0.1) is 0 Å². The maximum atomic E-state index is 5.88. The van der Waals surface area contributed by atoms with Crippen LogP contribution < -0.4 is 0 Å². The van der Waals surface area contributed by atoms with Crippen molar-refractivity contribution in [2.24, 2.45) is 0 Å². The minimum absolute atomic E-state index is 0.00666. The molecule has 14 heavy (non-hydrogen) atoms. The molecule has 0 unspecified atom stereocenters. The molecule has 3 nitrogen and oxygen atoms in total. The van der Waals surface area contributed by atoms with E-state index in [1.165, 1.54) is 0 Å². The van der Waals surface area contributed by atoms with Crippen molar-refractivity contribution in [2.75, 3.05) is 0 Å². The van der Waals surface area contributed by atoms with Crippen molar-refractivity contribution in [3.8, 4) is 0 Å². The van der Waals surface area contributed by atoms with Crippen molar-refractivity contribution >= 4 is 22.6 Å². The first kappa shape index (κ1) is 9.46. The van der Waals surface area contributed by atoms with Gasteiger partial charge in [0.2, 0.25) is 0 Å². The maximum absolute atomic E-state index is 5.88. The molecule has 0 atom stereocenters. The molecule has 0 saturated carbocycles. The van der Waals surface area contributed by atoms with Gasteiger partial charge in [-0.2, -0.15) is 0 Å². The molecule has 0 fully saturated rings. The van der Waals surface area contributed by atoms with Gasteiger partial charge in [0.1, 0.15) is 17.1 Å². The highest BCUT2D eigenvalue weighted by molar-refractivity contribution is 6.30. The Morgan fingerprint density at radius 2 is 2.00 bits per heavy atom. The number of nitrogens with zero attached hydrogens (tertiary/aromatic N) is 2. The minimum Gasteiger partial charge on any atom is -0.330 e. The first-order valence-electron chi connectivity index (χ1n) is 4.48. The minimum atomic E-state index is 0.00666. The summed E-state index contributed by atoms with van der Waals surface area (Å²) in [6.45, 7) is 6.36. The van der Waals surface area contributed by atoms with Gasteiger partial charge >= 0.3 is 0 Å². The number of hydrogen-bond donors (Lipinski definition) is 1. The van der Waals surface area contributed by atoms with Crippen LogP contribution in [0.5, 0.6) is 0 Å². The third-order valence-electron chi connectivity index (χ3n) is 2.10. The molecule has 74 valence electrons.